The maximum atomic E-state index is 8.74. The highest BCUT2D eigenvalue weighted by molar-refractivity contribution is 9.10. The molecule has 0 radical (unpaired) electrons. The summed E-state index contributed by atoms with van der Waals surface area (Å²) in [7, 11) is 0. The van der Waals surface area contributed by atoms with Crippen molar-refractivity contribution in [2.24, 2.45) is 0 Å². The van der Waals surface area contributed by atoms with Gasteiger partial charge in [-0.15, -0.1) is 0 Å². The lowest BCUT2D eigenvalue weighted by Gasteiger charge is -2.02. The van der Waals surface area contributed by atoms with Crippen molar-refractivity contribution < 1.29 is 12.6 Å². The van der Waals surface area contributed by atoms with Crippen LogP contribution in [0, 0.1) is 0 Å². The maximum absolute atomic E-state index is 8.74. The third-order valence-electron chi connectivity index (χ3n) is 1.10. The van der Waals surface area contributed by atoms with Gasteiger partial charge < -0.3 is 9.84 Å². The standard InChI is InChI=1S/C8H9BrO2/c9-7-2-1-3-8(6-7)11-5-4-10/h1-3,6,10H,4-5H2/i4D2. The summed E-state index contributed by atoms with van der Waals surface area (Å²) < 4.78 is 19.5. The van der Waals surface area contributed by atoms with Crippen LogP contribution in [0.15, 0.2) is 28.7 Å². The van der Waals surface area contributed by atoms with E-state index in [-0.39, 0.29) is 6.61 Å². The minimum Gasteiger partial charge on any atom is -0.491 e. The van der Waals surface area contributed by atoms with Gasteiger partial charge in [-0.1, -0.05) is 22.0 Å². The van der Waals surface area contributed by atoms with Gasteiger partial charge in [0.05, 0.1) is 9.30 Å². The van der Waals surface area contributed by atoms with Crippen LogP contribution in [-0.2, 0) is 0 Å². The summed E-state index contributed by atoms with van der Waals surface area (Å²) in [6.07, 6.45) is 0. The van der Waals surface area contributed by atoms with Crippen molar-refractivity contribution in [3.63, 3.8) is 0 Å². The van der Waals surface area contributed by atoms with E-state index in [0.717, 1.165) is 4.47 Å². The molecule has 0 bridgehead atoms. The smallest absolute Gasteiger partial charge is 0.120 e. The Kier molecular flexibility index (Phi) is 2.39. The summed E-state index contributed by atoms with van der Waals surface area (Å²) in [5.74, 6) is 0.521. The van der Waals surface area contributed by atoms with Crippen molar-refractivity contribution in [3.8, 4) is 5.75 Å². The van der Waals surface area contributed by atoms with Crippen LogP contribution in [0.5, 0.6) is 5.75 Å². The van der Waals surface area contributed by atoms with Gasteiger partial charge in [-0.2, -0.15) is 0 Å². The van der Waals surface area contributed by atoms with Crippen LogP contribution in [0.25, 0.3) is 0 Å². The minimum absolute atomic E-state index is 0.372. The first-order valence-electron chi connectivity index (χ1n) is 4.08. The molecule has 0 heterocycles. The fraction of sp³-hybridized carbons (Fsp3) is 0.250. The third-order valence-corrected chi connectivity index (χ3v) is 1.59. The van der Waals surface area contributed by atoms with Crippen LogP contribution >= 0.6 is 15.9 Å². The van der Waals surface area contributed by atoms with Gasteiger partial charge in [-0.25, -0.2) is 0 Å². The van der Waals surface area contributed by atoms with E-state index in [1.165, 1.54) is 0 Å². The first-order chi connectivity index (χ1) is 5.97. The molecule has 1 aromatic carbocycles. The van der Waals surface area contributed by atoms with E-state index in [1.807, 2.05) is 6.07 Å². The Hall–Kier alpha value is -0.540. The van der Waals surface area contributed by atoms with Gasteiger partial charge in [0.15, 0.2) is 0 Å². The molecule has 1 rings (SSSR count). The molecule has 0 aliphatic carbocycles. The molecular weight excluding hydrogens is 208 g/mol. The number of hydrogen-bond donors (Lipinski definition) is 1. The molecule has 0 saturated carbocycles. The van der Waals surface area contributed by atoms with Gasteiger partial charge in [0.25, 0.3) is 0 Å². The maximum Gasteiger partial charge on any atom is 0.120 e. The quantitative estimate of drug-likeness (QED) is 0.840. The van der Waals surface area contributed by atoms with Gasteiger partial charge in [-0.05, 0) is 18.2 Å². The highest BCUT2D eigenvalue weighted by Gasteiger charge is 1.92. The van der Waals surface area contributed by atoms with Gasteiger partial charge in [0.2, 0.25) is 0 Å². The number of rotatable bonds is 3. The molecule has 60 valence electrons. The van der Waals surface area contributed by atoms with Crippen molar-refractivity contribution in [1.82, 2.24) is 0 Å². The molecule has 0 unspecified atom stereocenters. The Morgan fingerprint density at radius 3 is 3.09 bits per heavy atom. The summed E-state index contributed by atoms with van der Waals surface area (Å²) in [6.45, 7) is -2.66. The Balaban J connectivity index is 2.55. The van der Waals surface area contributed by atoms with Crippen molar-refractivity contribution in [2.45, 2.75) is 0 Å². The lowest BCUT2D eigenvalue weighted by atomic mass is 10.3. The first kappa shape index (κ1) is 6.03. The average molecular weight is 219 g/mol. The monoisotopic (exact) mass is 218 g/mol. The Morgan fingerprint density at radius 1 is 1.64 bits per heavy atom. The molecule has 2 nitrogen and oxygen atoms in total. The first-order valence-corrected chi connectivity index (χ1v) is 3.87. The molecule has 11 heavy (non-hydrogen) atoms. The van der Waals surface area contributed by atoms with Crippen LogP contribution in [0.3, 0.4) is 0 Å². The SMILES string of the molecule is [2H]C([2H])(O)COc1cccc(Br)c1. The molecule has 0 aliphatic heterocycles. The Bertz CT molecular complexity index is 286. The number of ether oxygens (including phenoxy) is 1. The Morgan fingerprint density at radius 2 is 2.45 bits per heavy atom. The van der Waals surface area contributed by atoms with E-state index in [4.69, 9.17) is 12.6 Å². The van der Waals surface area contributed by atoms with E-state index in [0.29, 0.717) is 5.75 Å². The van der Waals surface area contributed by atoms with Crippen LogP contribution in [0.4, 0.5) is 0 Å². The van der Waals surface area contributed by atoms with Crippen LogP contribution in [-0.4, -0.2) is 18.3 Å². The van der Waals surface area contributed by atoms with Crippen molar-refractivity contribution in [1.29, 1.82) is 0 Å². The van der Waals surface area contributed by atoms with Crippen LogP contribution in [0.1, 0.15) is 2.74 Å². The molecule has 0 amide bonds. The second kappa shape index (κ2) is 4.36. The number of halogens is 1. The van der Waals surface area contributed by atoms with Gasteiger partial charge in [-0.3, -0.25) is 0 Å². The normalized spacial score (nSPS) is 13.6. The summed E-state index contributed by atoms with van der Waals surface area (Å²) >= 11 is 3.25. The predicted molar refractivity (Wildman–Crippen MR) is 46.7 cm³/mol. The van der Waals surface area contributed by atoms with Crippen molar-refractivity contribution in [3.05, 3.63) is 28.7 Å². The molecule has 1 aromatic rings. The molecule has 0 spiro atoms. The second-order valence-corrected chi connectivity index (χ2v) is 2.82. The molecule has 0 aromatic heterocycles. The fourth-order valence-corrected chi connectivity index (χ4v) is 1.05. The van der Waals surface area contributed by atoms with Crippen LogP contribution < -0.4 is 4.74 Å². The predicted octanol–water partition coefficient (Wildman–Crippen LogP) is 1.82. The zero-order chi connectivity index (χ0) is 9.90. The van der Waals surface area contributed by atoms with Crippen molar-refractivity contribution in [2.75, 3.05) is 13.2 Å². The number of hydrogen-bond acceptors (Lipinski definition) is 2. The van der Waals surface area contributed by atoms with Crippen molar-refractivity contribution >= 4 is 15.9 Å². The highest BCUT2D eigenvalue weighted by Crippen LogP contribution is 2.17. The van der Waals surface area contributed by atoms with Gasteiger partial charge in [0, 0.05) is 4.47 Å². The minimum atomic E-state index is -2.29. The third kappa shape index (κ3) is 2.91. The average Bonchev–Trinajstić information content (AvgIpc) is 2.00. The lowest BCUT2D eigenvalue weighted by molar-refractivity contribution is 0.201. The van der Waals surface area contributed by atoms with E-state index >= 15 is 0 Å². The molecular formula is C8H9BrO2. The summed E-state index contributed by atoms with van der Waals surface area (Å²) in [5.41, 5.74) is 0. The summed E-state index contributed by atoms with van der Waals surface area (Å²) in [5, 5.41) is 8.74. The van der Waals surface area contributed by atoms with Gasteiger partial charge in [0.1, 0.15) is 12.4 Å². The largest absolute Gasteiger partial charge is 0.491 e. The zero-order valence-corrected chi connectivity index (χ0v) is 7.34. The lowest BCUT2D eigenvalue weighted by Crippen LogP contribution is -2.01. The highest BCUT2D eigenvalue weighted by atomic mass is 79.9. The van der Waals surface area contributed by atoms with Gasteiger partial charge >= 0.3 is 0 Å². The van der Waals surface area contributed by atoms with Crippen LogP contribution in [0.2, 0.25) is 0 Å². The second-order valence-electron chi connectivity index (χ2n) is 1.90. The molecule has 0 saturated heterocycles. The molecule has 3 heteroatoms. The van der Waals surface area contributed by atoms with E-state index in [1.54, 1.807) is 18.2 Å². The summed E-state index contributed by atoms with van der Waals surface area (Å²) in [4.78, 5) is 0. The number of benzene rings is 1. The summed E-state index contributed by atoms with van der Waals surface area (Å²) in [6, 6.07) is 7.00. The molecule has 0 fully saturated rings. The van der Waals surface area contributed by atoms with E-state index in [9.17, 15) is 0 Å². The number of aliphatic hydroxyl groups is 1. The molecule has 0 atom stereocenters. The fourth-order valence-electron chi connectivity index (χ4n) is 0.672. The molecule has 0 aliphatic rings. The van der Waals surface area contributed by atoms with E-state index in [2.05, 4.69) is 15.9 Å². The topological polar surface area (TPSA) is 29.5 Å². The van der Waals surface area contributed by atoms with E-state index < -0.39 is 6.56 Å². The zero-order valence-electron chi connectivity index (χ0n) is 7.75. The molecule has 1 N–H and O–H groups in total. The Labute approximate surface area is 76.7 Å².